The molecule has 1 saturated heterocycles. The molecule has 2 heterocycles. The lowest BCUT2D eigenvalue weighted by Crippen LogP contribution is -2.48. The molecule has 9 heteroatoms. The van der Waals surface area contributed by atoms with E-state index in [4.69, 9.17) is 11.6 Å². The van der Waals surface area contributed by atoms with Gasteiger partial charge in [-0.25, -0.2) is 0 Å². The summed E-state index contributed by atoms with van der Waals surface area (Å²) in [4.78, 5) is 28.1. The number of piperazine rings is 1. The molecule has 1 amide bonds. The van der Waals surface area contributed by atoms with Crippen LogP contribution in [0.2, 0.25) is 5.02 Å². The third-order valence-corrected chi connectivity index (χ3v) is 6.41. The second-order valence-corrected chi connectivity index (χ2v) is 8.70. The first-order valence-corrected chi connectivity index (χ1v) is 11.2. The number of hydrogen-bond acceptors (Lipinski definition) is 5. The molecule has 1 fully saturated rings. The smallest absolute Gasteiger partial charge is 0.312 e. The van der Waals surface area contributed by atoms with Crippen LogP contribution in [0.15, 0.2) is 48.5 Å². The molecule has 0 unspecified atom stereocenters. The minimum Gasteiger partial charge on any atom is -0.336 e. The fourth-order valence-electron chi connectivity index (χ4n) is 4.24. The molecule has 1 aliphatic heterocycles. The molecule has 0 radical (unpaired) electrons. The Morgan fingerprint density at radius 1 is 1.06 bits per heavy atom. The van der Waals surface area contributed by atoms with Crippen LogP contribution in [0.3, 0.4) is 0 Å². The van der Waals surface area contributed by atoms with Gasteiger partial charge in [0.15, 0.2) is 0 Å². The van der Waals surface area contributed by atoms with Crippen molar-refractivity contribution in [2.45, 2.75) is 26.9 Å². The van der Waals surface area contributed by atoms with Gasteiger partial charge in [-0.1, -0.05) is 41.9 Å². The first-order chi connectivity index (χ1) is 15.8. The fraction of sp³-hybridized carbons (Fsp3) is 0.333. The first kappa shape index (κ1) is 22.9. The second kappa shape index (κ2) is 9.72. The van der Waals surface area contributed by atoms with Crippen LogP contribution in [0, 0.1) is 24.0 Å². The average Bonchev–Trinajstić information content (AvgIpc) is 3.08. The van der Waals surface area contributed by atoms with Crippen molar-refractivity contribution in [3.8, 4) is 0 Å². The maximum atomic E-state index is 13.1. The van der Waals surface area contributed by atoms with Gasteiger partial charge in [-0.15, -0.1) is 0 Å². The Morgan fingerprint density at radius 2 is 1.79 bits per heavy atom. The number of amides is 1. The molecule has 33 heavy (non-hydrogen) atoms. The molecule has 0 bridgehead atoms. The fourth-order valence-corrected chi connectivity index (χ4v) is 4.44. The Kier molecular flexibility index (Phi) is 6.76. The van der Waals surface area contributed by atoms with Crippen molar-refractivity contribution in [1.29, 1.82) is 0 Å². The van der Waals surface area contributed by atoms with E-state index in [2.05, 4.69) is 10.00 Å². The van der Waals surface area contributed by atoms with Crippen LogP contribution in [0.25, 0.3) is 0 Å². The monoisotopic (exact) mass is 467 g/mol. The summed E-state index contributed by atoms with van der Waals surface area (Å²) in [6.07, 6.45) is 0. The number of carbonyl (C=O) groups is 1. The summed E-state index contributed by atoms with van der Waals surface area (Å²) >= 11 is 6.28. The van der Waals surface area contributed by atoms with Gasteiger partial charge in [0.05, 0.1) is 11.5 Å². The van der Waals surface area contributed by atoms with Crippen LogP contribution in [0.5, 0.6) is 0 Å². The van der Waals surface area contributed by atoms with Gasteiger partial charge >= 0.3 is 5.69 Å². The molecule has 0 spiro atoms. The molecule has 1 aromatic heterocycles. The predicted molar refractivity (Wildman–Crippen MR) is 127 cm³/mol. The van der Waals surface area contributed by atoms with Gasteiger partial charge in [0.25, 0.3) is 5.91 Å². The summed E-state index contributed by atoms with van der Waals surface area (Å²) in [5, 5.41) is 16.3. The molecule has 2 aromatic carbocycles. The van der Waals surface area contributed by atoms with Crippen LogP contribution in [-0.4, -0.2) is 56.6 Å². The van der Waals surface area contributed by atoms with Gasteiger partial charge in [-0.3, -0.25) is 24.5 Å². The van der Waals surface area contributed by atoms with Crippen LogP contribution < -0.4 is 0 Å². The van der Waals surface area contributed by atoms with E-state index in [1.165, 1.54) is 0 Å². The number of nitro groups is 1. The molecule has 172 valence electrons. The van der Waals surface area contributed by atoms with Gasteiger partial charge in [0.2, 0.25) is 0 Å². The van der Waals surface area contributed by atoms with Crippen molar-refractivity contribution in [2.75, 3.05) is 26.2 Å². The van der Waals surface area contributed by atoms with E-state index >= 15 is 0 Å². The minimum atomic E-state index is -0.403. The number of hydrogen-bond donors (Lipinski definition) is 0. The SMILES string of the molecule is Cc1nn(Cc2cccc(C(=O)N3CCN(Cc4ccccc4Cl)CC3)c2)c(C)c1[N+](=O)[O-]. The lowest BCUT2D eigenvalue weighted by atomic mass is 10.1. The summed E-state index contributed by atoms with van der Waals surface area (Å²) in [6.45, 7) is 7.33. The van der Waals surface area contributed by atoms with Crippen LogP contribution >= 0.6 is 11.6 Å². The Bertz CT molecular complexity index is 1180. The highest BCUT2D eigenvalue weighted by Gasteiger charge is 2.24. The Hall–Kier alpha value is -3.23. The highest BCUT2D eigenvalue weighted by Crippen LogP contribution is 2.23. The summed E-state index contributed by atoms with van der Waals surface area (Å²) in [5.41, 5.74) is 3.51. The van der Waals surface area contributed by atoms with Gasteiger partial charge in [-0.05, 0) is 43.2 Å². The van der Waals surface area contributed by atoms with Gasteiger partial charge in [0.1, 0.15) is 11.4 Å². The molecule has 4 rings (SSSR count). The number of nitrogens with zero attached hydrogens (tertiary/aromatic N) is 5. The molecule has 3 aromatic rings. The molecular formula is C24H26ClN5O3. The molecule has 1 aliphatic rings. The zero-order valence-corrected chi connectivity index (χ0v) is 19.5. The maximum absolute atomic E-state index is 13.1. The Balaban J connectivity index is 1.40. The summed E-state index contributed by atoms with van der Waals surface area (Å²) in [6, 6.07) is 15.2. The number of aromatic nitrogens is 2. The van der Waals surface area contributed by atoms with E-state index in [1.54, 1.807) is 18.5 Å². The van der Waals surface area contributed by atoms with E-state index in [9.17, 15) is 14.9 Å². The molecule has 0 aliphatic carbocycles. The van der Waals surface area contributed by atoms with Gasteiger partial charge < -0.3 is 4.90 Å². The summed E-state index contributed by atoms with van der Waals surface area (Å²) in [7, 11) is 0. The van der Waals surface area contributed by atoms with Gasteiger partial charge in [0, 0.05) is 43.3 Å². The standard InChI is InChI=1S/C24H26ClN5O3/c1-17-23(30(32)33)18(2)29(26-17)15-19-6-5-8-20(14-19)24(31)28-12-10-27(11-13-28)16-21-7-3-4-9-22(21)25/h3-9,14H,10-13,15-16H2,1-2H3. The quantitative estimate of drug-likeness (QED) is 0.403. The molecule has 0 atom stereocenters. The van der Waals surface area contributed by atoms with E-state index in [0.29, 0.717) is 36.6 Å². The molecule has 8 nitrogen and oxygen atoms in total. The van der Waals surface area contributed by atoms with Crippen LogP contribution in [0.1, 0.15) is 32.9 Å². The number of aryl methyl sites for hydroxylation is 1. The topological polar surface area (TPSA) is 84.5 Å². The van der Waals surface area contributed by atoms with Crippen molar-refractivity contribution in [3.05, 3.63) is 91.7 Å². The first-order valence-electron chi connectivity index (χ1n) is 10.9. The normalized spacial score (nSPS) is 14.5. The number of benzene rings is 2. The lowest BCUT2D eigenvalue weighted by Gasteiger charge is -2.35. The molecular weight excluding hydrogens is 442 g/mol. The predicted octanol–water partition coefficient (Wildman–Crippen LogP) is 4.07. The molecule has 0 N–H and O–H groups in total. The van der Waals surface area contributed by atoms with Crippen molar-refractivity contribution in [3.63, 3.8) is 0 Å². The number of carbonyl (C=O) groups excluding carboxylic acids is 1. The van der Waals surface area contributed by atoms with Crippen LogP contribution in [0.4, 0.5) is 5.69 Å². The number of halogens is 1. The highest BCUT2D eigenvalue weighted by atomic mass is 35.5. The van der Waals surface area contributed by atoms with Crippen molar-refractivity contribution < 1.29 is 9.72 Å². The second-order valence-electron chi connectivity index (χ2n) is 8.29. The van der Waals surface area contributed by atoms with E-state index < -0.39 is 4.92 Å². The van der Waals surface area contributed by atoms with Crippen LogP contribution in [-0.2, 0) is 13.1 Å². The number of rotatable bonds is 6. The summed E-state index contributed by atoms with van der Waals surface area (Å²) in [5.74, 6) is -0.00593. The lowest BCUT2D eigenvalue weighted by molar-refractivity contribution is -0.386. The third kappa shape index (κ3) is 5.07. The Morgan fingerprint density at radius 3 is 2.45 bits per heavy atom. The van der Waals surface area contributed by atoms with E-state index in [-0.39, 0.29) is 11.6 Å². The summed E-state index contributed by atoms with van der Waals surface area (Å²) < 4.78 is 1.62. The zero-order valence-electron chi connectivity index (χ0n) is 18.7. The van der Waals surface area contributed by atoms with Crippen molar-refractivity contribution >= 4 is 23.2 Å². The van der Waals surface area contributed by atoms with E-state index in [1.807, 2.05) is 53.4 Å². The van der Waals surface area contributed by atoms with Crippen molar-refractivity contribution in [1.82, 2.24) is 19.6 Å². The Labute approximate surface area is 197 Å². The highest BCUT2D eigenvalue weighted by molar-refractivity contribution is 6.31. The average molecular weight is 468 g/mol. The zero-order chi connectivity index (χ0) is 23.5. The van der Waals surface area contributed by atoms with Crippen molar-refractivity contribution in [2.24, 2.45) is 0 Å². The molecule has 0 saturated carbocycles. The largest absolute Gasteiger partial charge is 0.336 e. The maximum Gasteiger partial charge on any atom is 0.312 e. The van der Waals surface area contributed by atoms with E-state index in [0.717, 1.165) is 35.8 Å². The third-order valence-electron chi connectivity index (χ3n) is 6.04. The minimum absolute atomic E-state index is 0.00593. The van der Waals surface area contributed by atoms with Gasteiger partial charge in [-0.2, -0.15) is 5.10 Å².